The minimum atomic E-state index is -0.0461. The Morgan fingerprint density at radius 3 is 2.67 bits per heavy atom. The summed E-state index contributed by atoms with van der Waals surface area (Å²) < 4.78 is 0. The number of nitrogens with one attached hydrogen (secondary N) is 1. The lowest BCUT2D eigenvalue weighted by atomic mass is 10.0. The number of rotatable bonds is 3. The molecule has 2 aromatic rings. The Labute approximate surface area is 107 Å². The van der Waals surface area contributed by atoms with E-state index in [2.05, 4.69) is 35.6 Å². The smallest absolute Gasteiger partial charge is 0.316 e. The Balaban J connectivity index is 2.15. The van der Waals surface area contributed by atoms with Crippen LogP contribution in [-0.2, 0) is 6.42 Å². The third-order valence-electron chi connectivity index (χ3n) is 3.16. The van der Waals surface area contributed by atoms with Gasteiger partial charge in [-0.05, 0) is 22.8 Å². The van der Waals surface area contributed by atoms with Crippen molar-refractivity contribution < 1.29 is 4.79 Å². The van der Waals surface area contributed by atoms with E-state index < -0.39 is 0 Å². The van der Waals surface area contributed by atoms with Crippen molar-refractivity contribution in [1.82, 2.24) is 10.2 Å². The maximum Gasteiger partial charge on any atom is 0.316 e. The molecule has 0 aliphatic heterocycles. The number of benzene rings is 2. The van der Waals surface area contributed by atoms with Gasteiger partial charge in [-0.3, -0.25) is 0 Å². The van der Waals surface area contributed by atoms with E-state index in [1.165, 1.54) is 16.3 Å². The summed E-state index contributed by atoms with van der Waals surface area (Å²) in [5.74, 6) is 0. The molecule has 0 bridgehead atoms. The number of amides is 2. The number of nitrogens with zero attached hydrogens (tertiary/aromatic N) is 1. The molecular formula is C15H18N2O. The van der Waals surface area contributed by atoms with Crippen LogP contribution in [-0.4, -0.2) is 31.6 Å². The number of likely N-dealkylation sites (N-methyl/N-ethyl adjacent to an activating group) is 1. The van der Waals surface area contributed by atoms with Crippen molar-refractivity contribution >= 4 is 16.8 Å². The highest BCUT2D eigenvalue weighted by Gasteiger charge is 2.06. The van der Waals surface area contributed by atoms with Gasteiger partial charge in [0.15, 0.2) is 0 Å². The van der Waals surface area contributed by atoms with Gasteiger partial charge in [0.2, 0.25) is 0 Å². The average molecular weight is 242 g/mol. The second kappa shape index (κ2) is 5.54. The molecule has 3 heteroatoms. The van der Waals surface area contributed by atoms with E-state index in [9.17, 15) is 4.79 Å². The van der Waals surface area contributed by atoms with Crippen LogP contribution in [0.15, 0.2) is 42.5 Å². The van der Waals surface area contributed by atoms with E-state index >= 15 is 0 Å². The van der Waals surface area contributed by atoms with E-state index in [4.69, 9.17) is 0 Å². The van der Waals surface area contributed by atoms with Crippen LogP contribution < -0.4 is 5.32 Å². The summed E-state index contributed by atoms with van der Waals surface area (Å²) in [5.41, 5.74) is 1.28. The van der Waals surface area contributed by atoms with Crippen LogP contribution in [0.25, 0.3) is 10.8 Å². The summed E-state index contributed by atoms with van der Waals surface area (Å²) >= 11 is 0. The first kappa shape index (κ1) is 12.4. The Morgan fingerprint density at radius 1 is 1.17 bits per heavy atom. The highest BCUT2D eigenvalue weighted by molar-refractivity contribution is 5.85. The van der Waals surface area contributed by atoms with Gasteiger partial charge in [0.25, 0.3) is 0 Å². The van der Waals surface area contributed by atoms with Crippen molar-refractivity contribution in [2.24, 2.45) is 0 Å². The van der Waals surface area contributed by atoms with Gasteiger partial charge in [-0.1, -0.05) is 42.5 Å². The largest absolute Gasteiger partial charge is 0.341 e. The lowest BCUT2D eigenvalue weighted by Crippen LogP contribution is -2.36. The predicted molar refractivity (Wildman–Crippen MR) is 74.7 cm³/mol. The van der Waals surface area contributed by atoms with Crippen LogP contribution >= 0.6 is 0 Å². The minimum absolute atomic E-state index is 0.0461. The van der Waals surface area contributed by atoms with Crippen molar-refractivity contribution in [3.63, 3.8) is 0 Å². The summed E-state index contributed by atoms with van der Waals surface area (Å²) in [4.78, 5) is 13.1. The van der Waals surface area contributed by atoms with Gasteiger partial charge < -0.3 is 10.2 Å². The van der Waals surface area contributed by atoms with E-state index in [0.717, 1.165) is 6.42 Å². The molecule has 2 amide bonds. The molecule has 0 saturated carbocycles. The summed E-state index contributed by atoms with van der Waals surface area (Å²) in [5, 5.41) is 5.14. The minimum Gasteiger partial charge on any atom is -0.341 e. The molecule has 0 saturated heterocycles. The molecule has 0 aliphatic carbocycles. The number of hydrogen-bond acceptors (Lipinski definition) is 1. The fourth-order valence-corrected chi connectivity index (χ4v) is 2.09. The molecular weight excluding hydrogens is 224 g/mol. The molecule has 0 spiro atoms. The standard InChI is InChI=1S/C15H18N2O/c1-16-15(18)17(2)11-10-13-8-5-7-12-6-3-4-9-14(12)13/h3-9H,10-11H2,1-2H3,(H,16,18). The molecule has 2 aromatic carbocycles. The fraction of sp³-hybridized carbons (Fsp3) is 0.267. The van der Waals surface area contributed by atoms with E-state index in [1.54, 1.807) is 11.9 Å². The van der Waals surface area contributed by atoms with Gasteiger partial charge in [0.1, 0.15) is 0 Å². The molecule has 0 aromatic heterocycles. The maximum atomic E-state index is 11.4. The Morgan fingerprint density at radius 2 is 1.89 bits per heavy atom. The highest BCUT2D eigenvalue weighted by atomic mass is 16.2. The number of hydrogen-bond donors (Lipinski definition) is 1. The molecule has 18 heavy (non-hydrogen) atoms. The Bertz CT molecular complexity index is 546. The lowest BCUT2D eigenvalue weighted by Gasteiger charge is -2.16. The first-order valence-electron chi connectivity index (χ1n) is 6.12. The van der Waals surface area contributed by atoms with Gasteiger partial charge in [0.05, 0.1) is 0 Å². The number of carbonyl (C=O) groups excluding carboxylic acids is 1. The van der Waals surface area contributed by atoms with Crippen molar-refractivity contribution in [2.45, 2.75) is 6.42 Å². The van der Waals surface area contributed by atoms with E-state index in [1.807, 2.05) is 19.2 Å². The summed E-state index contributed by atoms with van der Waals surface area (Å²) in [7, 11) is 3.46. The number of fused-ring (bicyclic) bond motifs is 1. The van der Waals surface area contributed by atoms with Crippen LogP contribution in [0.5, 0.6) is 0 Å². The summed E-state index contributed by atoms with van der Waals surface area (Å²) in [6.07, 6.45) is 0.866. The van der Waals surface area contributed by atoms with Gasteiger partial charge in [-0.2, -0.15) is 0 Å². The van der Waals surface area contributed by atoms with Crippen LogP contribution in [0.1, 0.15) is 5.56 Å². The quantitative estimate of drug-likeness (QED) is 0.881. The van der Waals surface area contributed by atoms with Crippen LogP contribution in [0, 0.1) is 0 Å². The number of urea groups is 1. The second-order valence-corrected chi connectivity index (χ2v) is 4.36. The highest BCUT2D eigenvalue weighted by Crippen LogP contribution is 2.18. The lowest BCUT2D eigenvalue weighted by molar-refractivity contribution is 0.211. The second-order valence-electron chi connectivity index (χ2n) is 4.36. The fourth-order valence-electron chi connectivity index (χ4n) is 2.09. The SMILES string of the molecule is CNC(=O)N(C)CCc1cccc2ccccc12. The van der Waals surface area contributed by atoms with Gasteiger partial charge >= 0.3 is 6.03 Å². The first-order valence-corrected chi connectivity index (χ1v) is 6.12. The van der Waals surface area contributed by atoms with Gasteiger partial charge in [-0.25, -0.2) is 4.79 Å². The number of carbonyl (C=O) groups is 1. The first-order chi connectivity index (χ1) is 8.72. The zero-order chi connectivity index (χ0) is 13.0. The third-order valence-corrected chi connectivity index (χ3v) is 3.16. The molecule has 0 unspecified atom stereocenters. The summed E-state index contributed by atoms with van der Waals surface area (Å²) in [6.45, 7) is 0.716. The molecule has 3 nitrogen and oxygen atoms in total. The molecule has 0 atom stereocenters. The molecule has 1 N–H and O–H groups in total. The van der Waals surface area contributed by atoms with Crippen molar-refractivity contribution in [3.05, 3.63) is 48.0 Å². The maximum absolute atomic E-state index is 11.4. The van der Waals surface area contributed by atoms with E-state index in [-0.39, 0.29) is 6.03 Å². The van der Waals surface area contributed by atoms with Crippen molar-refractivity contribution in [1.29, 1.82) is 0 Å². The topological polar surface area (TPSA) is 32.3 Å². The molecule has 2 rings (SSSR count). The van der Waals surface area contributed by atoms with Crippen LogP contribution in [0.2, 0.25) is 0 Å². The third kappa shape index (κ3) is 2.62. The Kier molecular flexibility index (Phi) is 3.82. The van der Waals surface area contributed by atoms with Gasteiger partial charge in [0, 0.05) is 20.6 Å². The molecule has 0 heterocycles. The van der Waals surface area contributed by atoms with Crippen molar-refractivity contribution in [2.75, 3.05) is 20.6 Å². The molecule has 0 fully saturated rings. The zero-order valence-electron chi connectivity index (χ0n) is 10.8. The van der Waals surface area contributed by atoms with Crippen molar-refractivity contribution in [3.8, 4) is 0 Å². The van der Waals surface area contributed by atoms with Crippen LogP contribution in [0.4, 0.5) is 4.79 Å². The van der Waals surface area contributed by atoms with Gasteiger partial charge in [-0.15, -0.1) is 0 Å². The van der Waals surface area contributed by atoms with Crippen LogP contribution in [0.3, 0.4) is 0 Å². The molecule has 0 aliphatic rings. The molecule has 94 valence electrons. The molecule has 0 radical (unpaired) electrons. The monoisotopic (exact) mass is 242 g/mol. The Hall–Kier alpha value is -2.03. The average Bonchev–Trinajstić information content (AvgIpc) is 2.43. The normalized spacial score (nSPS) is 10.3. The van der Waals surface area contributed by atoms with E-state index in [0.29, 0.717) is 6.54 Å². The summed E-state index contributed by atoms with van der Waals surface area (Å²) in [6, 6.07) is 14.6. The predicted octanol–water partition coefficient (Wildman–Crippen LogP) is 2.65. The zero-order valence-corrected chi connectivity index (χ0v) is 10.8.